The summed E-state index contributed by atoms with van der Waals surface area (Å²) >= 11 is 3.56. The van der Waals surface area contributed by atoms with Crippen molar-refractivity contribution in [3.8, 4) is 11.6 Å². The Morgan fingerprint density at radius 3 is 2.82 bits per heavy atom. The molecule has 0 spiro atoms. The highest BCUT2D eigenvalue weighted by molar-refractivity contribution is 9.10. The van der Waals surface area contributed by atoms with E-state index in [1.807, 2.05) is 19.2 Å². The third-order valence-electron chi connectivity index (χ3n) is 2.82. The van der Waals surface area contributed by atoms with E-state index in [0.717, 1.165) is 16.0 Å². The van der Waals surface area contributed by atoms with E-state index >= 15 is 0 Å². The Morgan fingerprint density at radius 2 is 2.24 bits per heavy atom. The van der Waals surface area contributed by atoms with Crippen molar-refractivity contribution in [1.29, 1.82) is 0 Å². The maximum absolute atomic E-state index is 5.35. The highest BCUT2D eigenvalue weighted by atomic mass is 79.9. The van der Waals surface area contributed by atoms with E-state index in [1.54, 1.807) is 6.26 Å². The molecule has 0 amide bonds. The molecule has 17 heavy (non-hydrogen) atoms. The first-order valence-corrected chi connectivity index (χ1v) is 6.38. The van der Waals surface area contributed by atoms with Crippen LogP contribution in [-0.4, -0.2) is 17.0 Å². The Balaban J connectivity index is 2.13. The largest absolute Gasteiger partial charge is 0.461 e. The Labute approximate surface area is 108 Å². The maximum atomic E-state index is 5.35. The van der Waals surface area contributed by atoms with Crippen molar-refractivity contribution < 1.29 is 4.42 Å². The number of nitrogens with zero attached hydrogens (tertiary/aromatic N) is 2. The van der Waals surface area contributed by atoms with Crippen LogP contribution in [0.5, 0.6) is 0 Å². The zero-order valence-electron chi connectivity index (χ0n) is 9.40. The predicted octanol–water partition coefficient (Wildman–Crippen LogP) is 3.42. The van der Waals surface area contributed by atoms with Crippen LogP contribution in [0, 0.1) is 0 Å². The van der Waals surface area contributed by atoms with Gasteiger partial charge in [-0.3, -0.25) is 0 Å². The minimum atomic E-state index is 0.563. The molecule has 2 aromatic heterocycles. The van der Waals surface area contributed by atoms with Crippen molar-refractivity contribution in [2.75, 3.05) is 12.4 Å². The number of halogens is 1. The van der Waals surface area contributed by atoms with Crippen LogP contribution in [0.1, 0.15) is 24.5 Å². The second-order valence-corrected chi connectivity index (χ2v) is 4.89. The molecular formula is C12H12BrN3O. The average Bonchev–Trinajstić information content (AvgIpc) is 3.04. The van der Waals surface area contributed by atoms with Crippen molar-refractivity contribution >= 4 is 21.7 Å². The van der Waals surface area contributed by atoms with Gasteiger partial charge in [0.2, 0.25) is 0 Å². The van der Waals surface area contributed by atoms with Gasteiger partial charge in [-0.25, -0.2) is 9.97 Å². The van der Waals surface area contributed by atoms with Crippen molar-refractivity contribution in [2.24, 2.45) is 0 Å². The van der Waals surface area contributed by atoms with Crippen molar-refractivity contribution in [1.82, 2.24) is 9.97 Å². The van der Waals surface area contributed by atoms with Crippen LogP contribution in [0.25, 0.3) is 11.6 Å². The van der Waals surface area contributed by atoms with Crippen LogP contribution in [0.2, 0.25) is 0 Å². The van der Waals surface area contributed by atoms with Crippen LogP contribution < -0.4 is 5.32 Å². The van der Waals surface area contributed by atoms with Crippen LogP contribution in [0.3, 0.4) is 0 Å². The monoisotopic (exact) mass is 293 g/mol. The molecular weight excluding hydrogens is 282 g/mol. The van der Waals surface area contributed by atoms with Crippen LogP contribution in [-0.2, 0) is 0 Å². The van der Waals surface area contributed by atoms with Crippen LogP contribution in [0.4, 0.5) is 5.82 Å². The van der Waals surface area contributed by atoms with Gasteiger partial charge in [0.15, 0.2) is 11.6 Å². The minimum Gasteiger partial charge on any atom is -0.461 e. The highest BCUT2D eigenvalue weighted by Crippen LogP contribution is 2.44. The number of aromatic nitrogens is 2. The second kappa shape index (κ2) is 4.14. The van der Waals surface area contributed by atoms with Gasteiger partial charge in [0.05, 0.1) is 16.4 Å². The lowest BCUT2D eigenvalue weighted by Gasteiger charge is -2.09. The van der Waals surface area contributed by atoms with Gasteiger partial charge < -0.3 is 9.73 Å². The van der Waals surface area contributed by atoms with Gasteiger partial charge in [0.25, 0.3) is 0 Å². The third-order valence-corrected chi connectivity index (χ3v) is 3.60. The van der Waals surface area contributed by atoms with E-state index in [9.17, 15) is 0 Å². The number of hydrogen-bond acceptors (Lipinski definition) is 4. The lowest BCUT2D eigenvalue weighted by molar-refractivity contribution is 0.576. The Hall–Kier alpha value is -1.36. The van der Waals surface area contributed by atoms with E-state index in [2.05, 4.69) is 31.2 Å². The first kappa shape index (κ1) is 10.8. The third kappa shape index (κ3) is 1.95. The molecule has 5 heteroatoms. The van der Waals surface area contributed by atoms with Gasteiger partial charge in [-0.15, -0.1) is 0 Å². The van der Waals surface area contributed by atoms with Gasteiger partial charge in [-0.2, -0.15) is 0 Å². The number of hydrogen-bond donors (Lipinski definition) is 1. The van der Waals surface area contributed by atoms with Gasteiger partial charge in [0.1, 0.15) is 5.82 Å². The number of anilines is 1. The fourth-order valence-electron chi connectivity index (χ4n) is 1.77. The molecule has 1 saturated carbocycles. The summed E-state index contributed by atoms with van der Waals surface area (Å²) in [5, 5.41) is 3.08. The Morgan fingerprint density at radius 1 is 1.41 bits per heavy atom. The van der Waals surface area contributed by atoms with E-state index in [0.29, 0.717) is 17.5 Å². The molecule has 1 aliphatic carbocycles. The average molecular weight is 294 g/mol. The summed E-state index contributed by atoms with van der Waals surface area (Å²) in [4.78, 5) is 9.03. The molecule has 0 aliphatic heterocycles. The fourth-order valence-corrected chi connectivity index (χ4v) is 2.47. The summed E-state index contributed by atoms with van der Waals surface area (Å²) in [5.41, 5.74) is 1.08. The van der Waals surface area contributed by atoms with Gasteiger partial charge >= 0.3 is 0 Å². The van der Waals surface area contributed by atoms with Gasteiger partial charge in [0, 0.05) is 13.0 Å². The minimum absolute atomic E-state index is 0.563. The first-order chi connectivity index (χ1) is 8.29. The SMILES string of the molecule is CNc1nc(-c2ccco2)nc(C2CC2)c1Br. The van der Waals surface area contributed by atoms with Gasteiger partial charge in [-0.1, -0.05) is 0 Å². The van der Waals surface area contributed by atoms with Crippen molar-refractivity contribution in [2.45, 2.75) is 18.8 Å². The van der Waals surface area contributed by atoms with Crippen LogP contribution >= 0.6 is 15.9 Å². The molecule has 0 radical (unpaired) electrons. The summed E-state index contributed by atoms with van der Waals surface area (Å²) in [7, 11) is 1.86. The molecule has 2 heterocycles. The molecule has 4 nitrogen and oxygen atoms in total. The number of furan rings is 1. The normalized spacial score (nSPS) is 14.9. The number of rotatable bonds is 3. The van der Waals surface area contributed by atoms with Crippen molar-refractivity contribution in [3.05, 3.63) is 28.6 Å². The zero-order valence-corrected chi connectivity index (χ0v) is 11.0. The second-order valence-electron chi connectivity index (χ2n) is 4.10. The van der Waals surface area contributed by atoms with E-state index < -0.39 is 0 Å². The molecule has 0 bridgehead atoms. The standard InChI is InChI=1S/C12H12BrN3O/c1-14-12-9(13)10(7-4-5-7)15-11(16-12)8-3-2-6-17-8/h2-3,6-7H,4-5H2,1H3,(H,14,15,16). The summed E-state index contributed by atoms with van der Waals surface area (Å²) in [6, 6.07) is 3.72. The van der Waals surface area contributed by atoms with E-state index in [4.69, 9.17) is 4.42 Å². The molecule has 0 aromatic carbocycles. The molecule has 1 N–H and O–H groups in total. The van der Waals surface area contributed by atoms with Crippen molar-refractivity contribution in [3.63, 3.8) is 0 Å². The Kier molecular flexibility index (Phi) is 2.63. The Bertz CT molecular complexity index is 535. The first-order valence-electron chi connectivity index (χ1n) is 5.58. The van der Waals surface area contributed by atoms with Crippen LogP contribution in [0.15, 0.2) is 27.3 Å². The predicted molar refractivity (Wildman–Crippen MR) is 69.0 cm³/mol. The highest BCUT2D eigenvalue weighted by Gasteiger charge is 2.29. The molecule has 0 saturated heterocycles. The zero-order chi connectivity index (χ0) is 11.8. The molecule has 88 valence electrons. The molecule has 0 unspecified atom stereocenters. The topological polar surface area (TPSA) is 51.0 Å². The number of nitrogens with one attached hydrogen (secondary N) is 1. The molecule has 0 atom stereocenters. The lowest BCUT2D eigenvalue weighted by atomic mass is 10.2. The molecule has 3 rings (SSSR count). The summed E-state index contributed by atoms with van der Waals surface area (Å²) in [6.45, 7) is 0. The summed E-state index contributed by atoms with van der Waals surface area (Å²) < 4.78 is 6.32. The maximum Gasteiger partial charge on any atom is 0.197 e. The summed E-state index contributed by atoms with van der Waals surface area (Å²) in [6.07, 6.45) is 4.04. The fraction of sp³-hybridized carbons (Fsp3) is 0.333. The van der Waals surface area contributed by atoms with E-state index in [-0.39, 0.29) is 0 Å². The van der Waals surface area contributed by atoms with E-state index in [1.165, 1.54) is 12.8 Å². The smallest absolute Gasteiger partial charge is 0.197 e. The molecule has 1 aliphatic rings. The summed E-state index contributed by atoms with van der Waals surface area (Å²) in [5.74, 6) is 2.72. The molecule has 1 fully saturated rings. The van der Waals surface area contributed by atoms with Gasteiger partial charge in [-0.05, 0) is 40.9 Å². The lowest BCUT2D eigenvalue weighted by Crippen LogP contribution is -2.02. The molecule has 2 aromatic rings. The quantitative estimate of drug-likeness (QED) is 0.942.